The van der Waals surface area contributed by atoms with Gasteiger partial charge in [-0.05, 0) is 19.3 Å². The van der Waals surface area contributed by atoms with Crippen LogP contribution in [0.4, 0.5) is 0 Å². The van der Waals surface area contributed by atoms with Gasteiger partial charge in [0.15, 0.2) is 0 Å². The Balaban J connectivity index is 2.17. The molecule has 1 fully saturated rings. The molecule has 2 amide bonds. The number of rotatable bonds is 2. The summed E-state index contributed by atoms with van der Waals surface area (Å²) >= 11 is 0. The maximum absolute atomic E-state index is 12.0. The standard InChI is InChI=1S/C10H14N4O2/c11-9(15)8-3-1-2-4-14(8)10(16)7-5-12-13-6-7/h5-6,8H,1-4H2,(H2,11,15)(H,12,13). The highest BCUT2D eigenvalue weighted by Crippen LogP contribution is 2.18. The Morgan fingerprint density at radius 1 is 1.50 bits per heavy atom. The lowest BCUT2D eigenvalue weighted by molar-refractivity contribution is -0.123. The molecule has 2 heterocycles. The number of carbonyl (C=O) groups is 2. The topological polar surface area (TPSA) is 92.1 Å². The molecule has 3 N–H and O–H groups in total. The zero-order valence-electron chi connectivity index (χ0n) is 8.85. The maximum atomic E-state index is 12.0. The van der Waals surface area contributed by atoms with Crippen molar-refractivity contribution in [2.75, 3.05) is 6.54 Å². The molecule has 16 heavy (non-hydrogen) atoms. The average molecular weight is 222 g/mol. The van der Waals surface area contributed by atoms with Crippen molar-refractivity contribution in [2.24, 2.45) is 5.73 Å². The molecule has 86 valence electrons. The third-order valence-electron chi connectivity index (χ3n) is 2.84. The first-order valence-corrected chi connectivity index (χ1v) is 5.29. The van der Waals surface area contributed by atoms with Crippen LogP contribution in [-0.2, 0) is 4.79 Å². The maximum Gasteiger partial charge on any atom is 0.257 e. The van der Waals surface area contributed by atoms with E-state index >= 15 is 0 Å². The van der Waals surface area contributed by atoms with E-state index in [1.54, 1.807) is 0 Å². The zero-order chi connectivity index (χ0) is 11.5. The van der Waals surface area contributed by atoms with Crippen LogP contribution in [0.2, 0.25) is 0 Å². The van der Waals surface area contributed by atoms with E-state index < -0.39 is 11.9 Å². The van der Waals surface area contributed by atoms with E-state index in [0.29, 0.717) is 18.5 Å². The summed E-state index contributed by atoms with van der Waals surface area (Å²) in [4.78, 5) is 24.8. The summed E-state index contributed by atoms with van der Waals surface area (Å²) in [6.07, 6.45) is 5.47. The highest BCUT2D eigenvalue weighted by Gasteiger charge is 2.31. The molecule has 0 aromatic carbocycles. The summed E-state index contributed by atoms with van der Waals surface area (Å²) in [5.41, 5.74) is 5.76. The Kier molecular flexibility index (Phi) is 2.89. The Morgan fingerprint density at radius 2 is 2.31 bits per heavy atom. The van der Waals surface area contributed by atoms with Crippen LogP contribution in [-0.4, -0.2) is 39.5 Å². The number of hydrogen-bond acceptors (Lipinski definition) is 3. The van der Waals surface area contributed by atoms with Crippen molar-refractivity contribution < 1.29 is 9.59 Å². The second-order valence-corrected chi connectivity index (χ2v) is 3.90. The van der Waals surface area contributed by atoms with Crippen molar-refractivity contribution in [3.63, 3.8) is 0 Å². The normalized spacial score (nSPS) is 20.8. The predicted molar refractivity (Wildman–Crippen MR) is 56.5 cm³/mol. The van der Waals surface area contributed by atoms with Crippen molar-refractivity contribution in [1.29, 1.82) is 0 Å². The van der Waals surface area contributed by atoms with Crippen molar-refractivity contribution in [3.8, 4) is 0 Å². The predicted octanol–water partition coefficient (Wildman–Crippen LogP) is -0.110. The highest BCUT2D eigenvalue weighted by molar-refractivity contribution is 5.97. The van der Waals surface area contributed by atoms with Gasteiger partial charge in [-0.3, -0.25) is 14.7 Å². The lowest BCUT2D eigenvalue weighted by Gasteiger charge is -2.33. The van der Waals surface area contributed by atoms with Crippen molar-refractivity contribution in [2.45, 2.75) is 25.3 Å². The third-order valence-corrected chi connectivity index (χ3v) is 2.84. The van der Waals surface area contributed by atoms with Crippen LogP contribution in [0.5, 0.6) is 0 Å². The number of nitrogens with zero attached hydrogens (tertiary/aromatic N) is 2. The number of nitrogens with one attached hydrogen (secondary N) is 1. The highest BCUT2D eigenvalue weighted by atomic mass is 16.2. The van der Waals surface area contributed by atoms with Gasteiger partial charge in [-0.2, -0.15) is 5.10 Å². The van der Waals surface area contributed by atoms with Gasteiger partial charge in [-0.15, -0.1) is 0 Å². The number of amides is 2. The molecule has 0 aliphatic carbocycles. The molecule has 6 heteroatoms. The van der Waals surface area contributed by atoms with Crippen LogP contribution < -0.4 is 5.73 Å². The van der Waals surface area contributed by atoms with Gasteiger partial charge in [0, 0.05) is 12.7 Å². The molecule has 1 atom stereocenters. The molecule has 1 aliphatic rings. The van der Waals surface area contributed by atoms with Gasteiger partial charge in [0.2, 0.25) is 5.91 Å². The fourth-order valence-corrected chi connectivity index (χ4v) is 2.00. The molecule has 1 saturated heterocycles. The average Bonchev–Trinajstić information content (AvgIpc) is 2.81. The number of piperidine rings is 1. The van der Waals surface area contributed by atoms with Gasteiger partial charge < -0.3 is 10.6 Å². The minimum absolute atomic E-state index is 0.183. The minimum atomic E-state index is -0.476. The smallest absolute Gasteiger partial charge is 0.257 e. The minimum Gasteiger partial charge on any atom is -0.368 e. The lowest BCUT2D eigenvalue weighted by atomic mass is 10.0. The first kappa shape index (κ1) is 10.7. The van der Waals surface area contributed by atoms with E-state index in [4.69, 9.17) is 5.73 Å². The van der Waals surface area contributed by atoms with E-state index in [0.717, 1.165) is 12.8 Å². The molecule has 0 spiro atoms. The van der Waals surface area contributed by atoms with Gasteiger partial charge in [-0.1, -0.05) is 0 Å². The number of nitrogens with two attached hydrogens (primary N) is 1. The number of aromatic nitrogens is 2. The van der Waals surface area contributed by atoms with Crippen LogP contribution in [0.3, 0.4) is 0 Å². The second kappa shape index (κ2) is 4.34. The van der Waals surface area contributed by atoms with Crippen LogP contribution in [0.25, 0.3) is 0 Å². The van der Waals surface area contributed by atoms with Gasteiger partial charge in [0.25, 0.3) is 5.91 Å². The van der Waals surface area contributed by atoms with Crippen molar-refractivity contribution in [1.82, 2.24) is 15.1 Å². The Labute approximate surface area is 92.8 Å². The summed E-state index contributed by atoms with van der Waals surface area (Å²) in [5.74, 6) is -0.617. The van der Waals surface area contributed by atoms with E-state index in [-0.39, 0.29) is 5.91 Å². The molecule has 0 saturated carbocycles. The molecule has 1 aromatic heterocycles. The van der Waals surface area contributed by atoms with Gasteiger partial charge in [-0.25, -0.2) is 0 Å². The van der Waals surface area contributed by atoms with E-state index in [9.17, 15) is 9.59 Å². The molecule has 1 unspecified atom stereocenters. The number of H-pyrrole nitrogens is 1. The Bertz CT molecular complexity index is 388. The molecule has 6 nitrogen and oxygen atoms in total. The molecular weight excluding hydrogens is 208 g/mol. The van der Waals surface area contributed by atoms with Gasteiger partial charge >= 0.3 is 0 Å². The second-order valence-electron chi connectivity index (χ2n) is 3.90. The summed E-state index contributed by atoms with van der Waals surface area (Å²) in [5, 5.41) is 6.30. The van der Waals surface area contributed by atoms with Gasteiger partial charge in [0.1, 0.15) is 6.04 Å². The molecule has 1 aliphatic heterocycles. The first-order chi connectivity index (χ1) is 7.70. The van der Waals surface area contributed by atoms with Crippen molar-refractivity contribution in [3.05, 3.63) is 18.0 Å². The van der Waals surface area contributed by atoms with E-state index in [1.165, 1.54) is 17.3 Å². The largest absolute Gasteiger partial charge is 0.368 e. The molecular formula is C10H14N4O2. The molecule has 0 radical (unpaired) electrons. The van der Waals surface area contributed by atoms with Crippen LogP contribution in [0, 0.1) is 0 Å². The fourth-order valence-electron chi connectivity index (χ4n) is 2.00. The number of primary amides is 1. The SMILES string of the molecule is NC(=O)C1CCCCN1C(=O)c1cn[nH]c1. The van der Waals surface area contributed by atoms with Crippen molar-refractivity contribution >= 4 is 11.8 Å². The lowest BCUT2D eigenvalue weighted by Crippen LogP contribution is -2.50. The number of carbonyl (C=O) groups excluding carboxylic acids is 2. The van der Waals surface area contributed by atoms with Gasteiger partial charge in [0.05, 0.1) is 11.8 Å². The monoisotopic (exact) mass is 222 g/mol. The number of aromatic amines is 1. The Hall–Kier alpha value is -1.85. The molecule has 0 bridgehead atoms. The summed E-state index contributed by atoms with van der Waals surface area (Å²) < 4.78 is 0. The molecule has 2 rings (SSSR count). The summed E-state index contributed by atoms with van der Waals surface area (Å²) in [7, 11) is 0. The summed E-state index contributed by atoms with van der Waals surface area (Å²) in [6, 6.07) is -0.476. The quantitative estimate of drug-likeness (QED) is 0.731. The van der Waals surface area contributed by atoms with E-state index in [2.05, 4.69) is 10.2 Å². The number of hydrogen-bond donors (Lipinski definition) is 2. The first-order valence-electron chi connectivity index (χ1n) is 5.29. The molecule has 1 aromatic rings. The Morgan fingerprint density at radius 3 is 2.94 bits per heavy atom. The van der Waals surface area contributed by atoms with Crippen LogP contribution in [0.15, 0.2) is 12.4 Å². The van der Waals surface area contributed by atoms with E-state index in [1.807, 2.05) is 0 Å². The number of likely N-dealkylation sites (tertiary alicyclic amines) is 1. The van der Waals surface area contributed by atoms with Crippen LogP contribution in [0.1, 0.15) is 29.6 Å². The summed E-state index contributed by atoms with van der Waals surface area (Å²) in [6.45, 7) is 0.581. The third kappa shape index (κ3) is 1.91. The van der Waals surface area contributed by atoms with Crippen LogP contribution >= 0.6 is 0 Å². The fraction of sp³-hybridized carbons (Fsp3) is 0.500. The zero-order valence-corrected chi connectivity index (χ0v) is 8.85.